The second-order valence-electron chi connectivity index (χ2n) is 8.32. The van der Waals surface area contributed by atoms with E-state index in [2.05, 4.69) is 5.32 Å². The molecule has 2 amide bonds. The van der Waals surface area contributed by atoms with Crippen molar-refractivity contribution in [2.24, 2.45) is 0 Å². The average molecular weight is 515 g/mol. The van der Waals surface area contributed by atoms with Gasteiger partial charge in [0.2, 0.25) is 0 Å². The zero-order valence-corrected chi connectivity index (χ0v) is 20.9. The van der Waals surface area contributed by atoms with Crippen molar-refractivity contribution in [2.45, 2.75) is 32.6 Å². The number of nitrogens with zero attached hydrogens (tertiary/aromatic N) is 1. The van der Waals surface area contributed by atoms with Gasteiger partial charge in [-0.15, -0.1) is 0 Å². The molecule has 0 fully saturated rings. The quantitative estimate of drug-likeness (QED) is 0.365. The monoisotopic (exact) mass is 514 g/mol. The van der Waals surface area contributed by atoms with Crippen LogP contribution in [0.5, 0.6) is 5.75 Å². The van der Waals surface area contributed by atoms with Crippen LogP contribution >= 0.6 is 0 Å². The number of nitrogens with one attached hydrogen (secondary N) is 1. The van der Waals surface area contributed by atoms with E-state index in [0.717, 1.165) is 17.7 Å². The van der Waals surface area contributed by atoms with Gasteiger partial charge in [0, 0.05) is 25.2 Å². The molecule has 0 saturated heterocycles. The molecule has 0 spiro atoms. The Morgan fingerprint density at radius 1 is 0.919 bits per heavy atom. The largest absolute Gasteiger partial charge is 0.496 e. The highest BCUT2D eigenvalue weighted by molar-refractivity contribution is 5.79. The van der Waals surface area contributed by atoms with Gasteiger partial charge in [0.25, 0.3) is 0 Å². The fraction of sp³-hybridized carbons (Fsp3) is 0.286. The number of esters is 1. The summed E-state index contributed by atoms with van der Waals surface area (Å²) < 4.78 is 50.8. The van der Waals surface area contributed by atoms with Gasteiger partial charge in [-0.25, -0.2) is 4.79 Å². The Kier molecular flexibility index (Phi) is 9.16. The van der Waals surface area contributed by atoms with E-state index < -0.39 is 23.7 Å². The van der Waals surface area contributed by atoms with Gasteiger partial charge >= 0.3 is 18.2 Å². The zero-order chi connectivity index (χ0) is 27.0. The van der Waals surface area contributed by atoms with Crippen molar-refractivity contribution in [1.82, 2.24) is 10.2 Å². The summed E-state index contributed by atoms with van der Waals surface area (Å²) in [6.07, 6.45) is -4.57. The number of rotatable bonds is 9. The van der Waals surface area contributed by atoms with E-state index >= 15 is 0 Å². The maximum atomic E-state index is 13.5. The lowest BCUT2D eigenvalue weighted by molar-refractivity contribution is -0.140. The molecule has 37 heavy (non-hydrogen) atoms. The molecule has 0 aliphatic rings. The summed E-state index contributed by atoms with van der Waals surface area (Å²) in [7, 11) is 2.73. The third-order valence-electron chi connectivity index (χ3n) is 5.88. The first kappa shape index (κ1) is 27.6. The maximum Gasteiger partial charge on any atom is 0.416 e. The van der Waals surface area contributed by atoms with Crippen LogP contribution < -0.4 is 10.1 Å². The zero-order valence-electron chi connectivity index (χ0n) is 20.9. The van der Waals surface area contributed by atoms with E-state index in [1.807, 2.05) is 37.3 Å². The van der Waals surface area contributed by atoms with Crippen molar-refractivity contribution in [2.75, 3.05) is 20.8 Å². The van der Waals surface area contributed by atoms with E-state index in [1.54, 1.807) is 23.1 Å². The molecule has 0 atom stereocenters. The Bertz CT molecular complexity index is 1230. The average Bonchev–Trinajstić information content (AvgIpc) is 2.90. The van der Waals surface area contributed by atoms with E-state index in [9.17, 15) is 22.8 Å². The summed E-state index contributed by atoms with van der Waals surface area (Å²) in [5.41, 5.74) is 1.92. The van der Waals surface area contributed by atoms with Gasteiger partial charge in [-0.3, -0.25) is 4.79 Å². The van der Waals surface area contributed by atoms with Gasteiger partial charge in [0.1, 0.15) is 5.75 Å². The number of halogens is 3. The number of carbonyl (C=O) groups is 2. The number of alkyl halides is 3. The summed E-state index contributed by atoms with van der Waals surface area (Å²) >= 11 is 0. The summed E-state index contributed by atoms with van der Waals surface area (Å²) in [5.74, 6) is -0.0330. The standard InChI is InChI=1S/C28H29F3N2O4/c1-4-33(18-19-8-6-5-7-9-19)27(35)32-17-21-16-22(28(29,30)31)11-12-23(21)24-14-20(15-26(34)37-3)10-13-25(24)36-2/h5-14,16H,4,15,17-18H2,1-3H3,(H,32,35). The molecule has 0 aliphatic carbocycles. The second kappa shape index (κ2) is 12.3. The van der Waals surface area contributed by atoms with Crippen molar-refractivity contribution < 1.29 is 32.2 Å². The summed E-state index contributed by atoms with van der Waals surface area (Å²) in [6.45, 7) is 2.46. The number of urea groups is 1. The third kappa shape index (κ3) is 7.25. The maximum absolute atomic E-state index is 13.5. The third-order valence-corrected chi connectivity index (χ3v) is 5.88. The predicted molar refractivity (Wildman–Crippen MR) is 134 cm³/mol. The Morgan fingerprint density at radius 3 is 2.27 bits per heavy atom. The van der Waals surface area contributed by atoms with Crippen LogP contribution in [0.25, 0.3) is 11.1 Å². The van der Waals surface area contributed by atoms with Crippen molar-refractivity contribution in [3.05, 3.63) is 89.0 Å². The molecule has 3 rings (SSSR count). The van der Waals surface area contributed by atoms with Gasteiger partial charge in [-0.2, -0.15) is 13.2 Å². The molecular weight excluding hydrogens is 485 g/mol. The number of hydrogen-bond acceptors (Lipinski definition) is 4. The highest BCUT2D eigenvalue weighted by atomic mass is 19.4. The minimum absolute atomic E-state index is 0.00879. The van der Waals surface area contributed by atoms with Crippen molar-refractivity contribution >= 4 is 12.0 Å². The molecule has 6 nitrogen and oxygen atoms in total. The lowest BCUT2D eigenvalue weighted by atomic mass is 9.94. The smallest absolute Gasteiger partial charge is 0.416 e. The highest BCUT2D eigenvalue weighted by Crippen LogP contribution is 2.37. The molecule has 1 N–H and O–H groups in total. The number of hydrogen-bond donors (Lipinski definition) is 1. The lowest BCUT2D eigenvalue weighted by Gasteiger charge is -2.23. The Balaban J connectivity index is 1.95. The molecule has 0 unspecified atom stereocenters. The molecule has 0 bridgehead atoms. The number of methoxy groups -OCH3 is 2. The van der Waals surface area contributed by atoms with Crippen LogP contribution in [0.2, 0.25) is 0 Å². The summed E-state index contributed by atoms with van der Waals surface area (Å²) in [5, 5.41) is 2.76. The predicted octanol–water partition coefficient (Wildman–Crippen LogP) is 5.83. The van der Waals surface area contributed by atoms with Crippen molar-refractivity contribution in [1.29, 1.82) is 0 Å². The van der Waals surface area contributed by atoms with Crippen LogP contribution in [-0.4, -0.2) is 37.7 Å². The second-order valence-corrected chi connectivity index (χ2v) is 8.32. The normalized spacial score (nSPS) is 11.1. The fourth-order valence-corrected chi connectivity index (χ4v) is 3.91. The lowest BCUT2D eigenvalue weighted by Crippen LogP contribution is -2.39. The van der Waals surface area contributed by atoms with Gasteiger partial charge in [0.15, 0.2) is 0 Å². The molecule has 3 aromatic carbocycles. The first-order valence-electron chi connectivity index (χ1n) is 11.7. The molecular formula is C28H29F3N2O4. The SMILES string of the molecule is CCN(Cc1ccccc1)C(=O)NCc1cc(C(F)(F)F)ccc1-c1cc(CC(=O)OC)ccc1OC. The molecule has 3 aromatic rings. The molecule has 0 heterocycles. The van der Waals surface area contributed by atoms with Gasteiger partial charge in [-0.05, 0) is 53.4 Å². The first-order chi connectivity index (χ1) is 17.7. The molecule has 0 aliphatic heterocycles. The van der Waals surface area contributed by atoms with Crippen LogP contribution in [-0.2, 0) is 35.2 Å². The van der Waals surface area contributed by atoms with Crippen LogP contribution in [0.1, 0.15) is 29.2 Å². The molecule has 9 heteroatoms. The Morgan fingerprint density at radius 2 is 1.65 bits per heavy atom. The summed E-state index contributed by atoms with van der Waals surface area (Å²) in [6, 6.07) is 17.4. The number of ether oxygens (including phenoxy) is 2. The van der Waals surface area contributed by atoms with E-state index in [4.69, 9.17) is 9.47 Å². The Hall–Kier alpha value is -4.01. The van der Waals surface area contributed by atoms with Crippen LogP contribution in [0.15, 0.2) is 66.7 Å². The number of carbonyl (C=O) groups excluding carboxylic acids is 2. The minimum atomic E-state index is -4.56. The van der Waals surface area contributed by atoms with Crippen LogP contribution in [0, 0.1) is 0 Å². The van der Waals surface area contributed by atoms with Gasteiger partial charge in [0.05, 0.1) is 26.2 Å². The summed E-state index contributed by atoms with van der Waals surface area (Å²) in [4.78, 5) is 26.3. The number of benzene rings is 3. The van der Waals surface area contributed by atoms with Crippen LogP contribution in [0.4, 0.5) is 18.0 Å². The minimum Gasteiger partial charge on any atom is -0.496 e. The first-order valence-corrected chi connectivity index (χ1v) is 11.7. The Labute approximate surface area is 214 Å². The van der Waals surface area contributed by atoms with Crippen LogP contribution in [0.3, 0.4) is 0 Å². The highest BCUT2D eigenvalue weighted by Gasteiger charge is 2.31. The fourth-order valence-electron chi connectivity index (χ4n) is 3.91. The van der Waals surface area contributed by atoms with Crippen molar-refractivity contribution in [3.63, 3.8) is 0 Å². The molecule has 0 aromatic heterocycles. The van der Waals surface area contributed by atoms with Gasteiger partial charge < -0.3 is 19.7 Å². The van der Waals surface area contributed by atoms with E-state index in [-0.39, 0.29) is 18.5 Å². The van der Waals surface area contributed by atoms with Gasteiger partial charge in [-0.1, -0.05) is 42.5 Å². The van der Waals surface area contributed by atoms with E-state index in [1.165, 1.54) is 20.3 Å². The molecule has 0 radical (unpaired) electrons. The number of amides is 2. The molecule has 196 valence electrons. The van der Waals surface area contributed by atoms with Crippen molar-refractivity contribution in [3.8, 4) is 16.9 Å². The topological polar surface area (TPSA) is 67.9 Å². The van der Waals surface area contributed by atoms with E-state index in [0.29, 0.717) is 35.5 Å². The molecule has 0 saturated carbocycles.